The lowest BCUT2D eigenvalue weighted by Crippen LogP contribution is -2.17. The lowest BCUT2D eigenvalue weighted by molar-refractivity contribution is -0.274. The average Bonchev–Trinajstić information content (AvgIpc) is 2.62. The van der Waals surface area contributed by atoms with Crippen molar-refractivity contribution in [3.63, 3.8) is 0 Å². The Morgan fingerprint density at radius 3 is 2.46 bits per heavy atom. The standard InChI is InChI=1S/C19H16F4N4O/c1-11-8-13(20)6-7-15(11)25-17-10-16(26-18(24-2)27-17)12-4-3-5-14(9-12)28-19(21,22)23/h3-10H,1-2H3,(H2,24,25,26,27). The molecule has 0 saturated carbocycles. The minimum atomic E-state index is -4.78. The summed E-state index contributed by atoms with van der Waals surface area (Å²) in [5.41, 5.74) is 2.11. The molecule has 0 aliphatic rings. The van der Waals surface area contributed by atoms with Crippen LogP contribution in [-0.2, 0) is 0 Å². The summed E-state index contributed by atoms with van der Waals surface area (Å²) in [6, 6.07) is 11.3. The molecule has 9 heteroatoms. The molecule has 3 rings (SSSR count). The fourth-order valence-corrected chi connectivity index (χ4v) is 2.53. The minimum absolute atomic E-state index is 0.266. The van der Waals surface area contributed by atoms with E-state index in [-0.39, 0.29) is 17.5 Å². The van der Waals surface area contributed by atoms with E-state index in [0.29, 0.717) is 28.3 Å². The van der Waals surface area contributed by atoms with E-state index < -0.39 is 6.36 Å². The molecule has 1 heterocycles. The summed E-state index contributed by atoms with van der Waals surface area (Å²) in [5, 5.41) is 5.87. The van der Waals surface area contributed by atoms with Crippen molar-refractivity contribution < 1.29 is 22.3 Å². The third kappa shape index (κ3) is 4.87. The molecule has 0 aliphatic heterocycles. The van der Waals surface area contributed by atoms with Gasteiger partial charge in [-0.2, -0.15) is 4.98 Å². The van der Waals surface area contributed by atoms with Crippen molar-refractivity contribution >= 4 is 17.5 Å². The molecule has 0 fully saturated rings. The van der Waals surface area contributed by atoms with Gasteiger partial charge >= 0.3 is 6.36 Å². The maximum atomic E-state index is 13.3. The van der Waals surface area contributed by atoms with Crippen LogP contribution in [0.2, 0.25) is 0 Å². The number of aryl methyl sites for hydroxylation is 1. The van der Waals surface area contributed by atoms with Gasteiger partial charge in [0.25, 0.3) is 0 Å². The van der Waals surface area contributed by atoms with Crippen LogP contribution in [0.1, 0.15) is 5.56 Å². The molecule has 0 radical (unpaired) electrons. The number of ether oxygens (including phenoxy) is 1. The van der Waals surface area contributed by atoms with Crippen LogP contribution in [-0.4, -0.2) is 23.4 Å². The van der Waals surface area contributed by atoms with Crippen molar-refractivity contribution in [2.45, 2.75) is 13.3 Å². The molecule has 1 aromatic heterocycles. The fraction of sp³-hybridized carbons (Fsp3) is 0.158. The molecule has 2 N–H and O–H groups in total. The van der Waals surface area contributed by atoms with Gasteiger partial charge in [-0.25, -0.2) is 9.37 Å². The molecule has 2 aromatic carbocycles. The van der Waals surface area contributed by atoms with Gasteiger partial charge in [0.1, 0.15) is 17.4 Å². The number of aromatic nitrogens is 2. The predicted octanol–water partition coefficient (Wildman–Crippen LogP) is 5.28. The van der Waals surface area contributed by atoms with Crippen LogP contribution in [0.15, 0.2) is 48.5 Å². The zero-order valence-corrected chi connectivity index (χ0v) is 14.9. The maximum Gasteiger partial charge on any atom is 0.573 e. The number of halogens is 4. The number of nitrogens with zero attached hydrogens (tertiary/aromatic N) is 2. The SMILES string of the molecule is CNc1nc(Nc2ccc(F)cc2C)cc(-c2cccc(OC(F)(F)F)c2)n1. The number of hydrogen-bond donors (Lipinski definition) is 2. The van der Waals surface area contributed by atoms with Crippen molar-refractivity contribution in [1.29, 1.82) is 0 Å². The van der Waals surface area contributed by atoms with Gasteiger partial charge in [0, 0.05) is 24.4 Å². The van der Waals surface area contributed by atoms with E-state index in [1.54, 1.807) is 32.2 Å². The Bertz CT molecular complexity index is 992. The Morgan fingerprint density at radius 1 is 1.00 bits per heavy atom. The molecule has 0 saturated heterocycles. The first-order valence-corrected chi connectivity index (χ1v) is 8.20. The van der Waals surface area contributed by atoms with Gasteiger partial charge in [-0.05, 0) is 42.8 Å². The van der Waals surface area contributed by atoms with Crippen molar-refractivity contribution in [1.82, 2.24) is 9.97 Å². The summed E-state index contributed by atoms with van der Waals surface area (Å²) in [6.07, 6.45) is -4.78. The number of nitrogens with one attached hydrogen (secondary N) is 2. The van der Waals surface area contributed by atoms with Crippen LogP contribution in [0.25, 0.3) is 11.3 Å². The summed E-state index contributed by atoms with van der Waals surface area (Å²) in [5.74, 6) is -0.0459. The van der Waals surface area contributed by atoms with E-state index in [9.17, 15) is 17.6 Å². The first-order valence-electron chi connectivity index (χ1n) is 8.20. The van der Waals surface area contributed by atoms with Gasteiger partial charge < -0.3 is 15.4 Å². The first-order chi connectivity index (χ1) is 13.2. The lowest BCUT2D eigenvalue weighted by Gasteiger charge is -2.13. The molecule has 0 atom stereocenters. The number of rotatable bonds is 5. The summed E-state index contributed by atoms with van der Waals surface area (Å²) in [7, 11) is 1.62. The number of alkyl halides is 3. The fourth-order valence-electron chi connectivity index (χ4n) is 2.53. The summed E-state index contributed by atoms with van der Waals surface area (Å²) in [4.78, 5) is 8.56. The van der Waals surface area contributed by atoms with Crippen LogP contribution < -0.4 is 15.4 Å². The Hall–Kier alpha value is -3.36. The van der Waals surface area contributed by atoms with Crippen LogP contribution in [0.5, 0.6) is 5.75 Å². The van der Waals surface area contributed by atoms with Crippen LogP contribution in [0, 0.1) is 12.7 Å². The van der Waals surface area contributed by atoms with Gasteiger partial charge in [-0.1, -0.05) is 12.1 Å². The van der Waals surface area contributed by atoms with E-state index in [0.717, 1.165) is 0 Å². The number of benzene rings is 2. The molecule has 28 heavy (non-hydrogen) atoms. The molecule has 0 aliphatic carbocycles. The number of anilines is 3. The molecule has 0 spiro atoms. The van der Waals surface area contributed by atoms with E-state index in [1.165, 1.54) is 30.3 Å². The summed E-state index contributed by atoms with van der Waals surface area (Å²) in [6.45, 7) is 1.74. The lowest BCUT2D eigenvalue weighted by atomic mass is 10.1. The van der Waals surface area contributed by atoms with Crippen molar-refractivity contribution in [2.75, 3.05) is 17.7 Å². The quantitative estimate of drug-likeness (QED) is 0.579. The van der Waals surface area contributed by atoms with Crippen molar-refractivity contribution in [2.24, 2.45) is 0 Å². The predicted molar refractivity (Wildman–Crippen MR) is 98.1 cm³/mol. The Kier molecular flexibility index (Phi) is 5.34. The second-order valence-corrected chi connectivity index (χ2v) is 5.87. The van der Waals surface area contributed by atoms with Crippen LogP contribution in [0.4, 0.5) is 35.0 Å². The number of hydrogen-bond acceptors (Lipinski definition) is 5. The van der Waals surface area contributed by atoms with Crippen LogP contribution in [0.3, 0.4) is 0 Å². The largest absolute Gasteiger partial charge is 0.573 e. The van der Waals surface area contributed by atoms with Crippen molar-refractivity contribution in [3.8, 4) is 17.0 Å². The van der Waals surface area contributed by atoms with Gasteiger partial charge in [-0.15, -0.1) is 13.2 Å². The normalized spacial score (nSPS) is 11.2. The highest BCUT2D eigenvalue weighted by atomic mass is 19.4. The highest BCUT2D eigenvalue weighted by molar-refractivity contribution is 5.69. The molecule has 146 valence electrons. The topological polar surface area (TPSA) is 59.1 Å². The Balaban J connectivity index is 1.96. The van der Waals surface area contributed by atoms with E-state index in [4.69, 9.17) is 0 Å². The highest BCUT2D eigenvalue weighted by Crippen LogP contribution is 2.29. The van der Waals surface area contributed by atoms with Crippen molar-refractivity contribution in [3.05, 3.63) is 59.9 Å². The third-order valence-corrected chi connectivity index (χ3v) is 3.76. The van der Waals surface area contributed by atoms with Gasteiger partial charge in [0.15, 0.2) is 0 Å². The third-order valence-electron chi connectivity index (χ3n) is 3.76. The van der Waals surface area contributed by atoms with Gasteiger partial charge in [-0.3, -0.25) is 0 Å². The molecule has 0 amide bonds. The zero-order chi connectivity index (χ0) is 20.3. The second kappa shape index (κ2) is 7.71. The van der Waals surface area contributed by atoms with E-state index in [1.807, 2.05) is 0 Å². The smallest absolute Gasteiger partial charge is 0.406 e. The molecular formula is C19H16F4N4O. The van der Waals surface area contributed by atoms with Gasteiger partial charge in [0.05, 0.1) is 5.69 Å². The Labute approximate surface area is 158 Å². The monoisotopic (exact) mass is 392 g/mol. The first kappa shape index (κ1) is 19.4. The van der Waals surface area contributed by atoms with E-state index in [2.05, 4.69) is 25.3 Å². The average molecular weight is 392 g/mol. The molecule has 0 bridgehead atoms. The summed E-state index contributed by atoms with van der Waals surface area (Å²) >= 11 is 0. The zero-order valence-electron chi connectivity index (χ0n) is 14.9. The van der Waals surface area contributed by atoms with Gasteiger partial charge in [0.2, 0.25) is 5.95 Å². The molecule has 3 aromatic rings. The Morgan fingerprint density at radius 2 is 1.79 bits per heavy atom. The van der Waals surface area contributed by atoms with E-state index >= 15 is 0 Å². The van der Waals surface area contributed by atoms with Crippen LogP contribution >= 0.6 is 0 Å². The summed E-state index contributed by atoms with van der Waals surface area (Å²) < 4.78 is 54.7. The minimum Gasteiger partial charge on any atom is -0.406 e. The highest BCUT2D eigenvalue weighted by Gasteiger charge is 2.31. The molecule has 0 unspecified atom stereocenters. The maximum absolute atomic E-state index is 13.3. The second-order valence-electron chi connectivity index (χ2n) is 5.87. The molecular weight excluding hydrogens is 376 g/mol. The molecule has 5 nitrogen and oxygen atoms in total.